The molecule has 0 radical (unpaired) electrons. The fourth-order valence-electron chi connectivity index (χ4n) is 4.33. The molecule has 184 valence electrons. The van der Waals surface area contributed by atoms with Crippen LogP contribution in [0.4, 0.5) is 0 Å². The fourth-order valence-corrected chi connectivity index (χ4v) is 4.33. The van der Waals surface area contributed by atoms with Crippen LogP contribution >= 0.6 is 0 Å². The van der Waals surface area contributed by atoms with Crippen molar-refractivity contribution < 1.29 is 29.0 Å². The molecule has 1 amide bonds. The van der Waals surface area contributed by atoms with Crippen molar-refractivity contribution in [2.45, 2.75) is 26.4 Å². The van der Waals surface area contributed by atoms with E-state index in [9.17, 15) is 19.5 Å². The van der Waals surface area contributed by atoms with Crippen LogP contribution in [-0.4, -0.2) is 41.4 Å². The number of Topliss-reactive ketones (excluding diaryl/α,β-unsaturated/α-hetero) is 1. The first-order chi connectivity index (χ1) is 17.3. The molecular formula is C29H27NO6. The number of hydrogen-bond acceptors (Lipinski definition) is 6. The second kappa shape index (κ2) is 10.5. The van der Waals surface area contributed by atoms with Gasteiger partial charge >= 0.3 is 5.97 Å². The molecule has 4 rings (SSSR count). The maximum absolute atomic E-state index is 13.3. The summed E-state index contributed by atoms with van der Waals surface area (Å²) in [5.74, 6) is -1.81. The van der Waals surface area contributed by atoms with E-state index in [1.807, 2.05) is 43.3 Å². The Hall–Kier alpha value is -4.39. The number of nitrogens with zero attached hydrogens (tertiary/aromatic N) is 1. The molecule has 0 bridgehead atoms. The van der Waals surface area contributed by atoms with Crippen LogP contribution in [0.15, 0.2) is 78.4 Å². The van der Waals surface area contributed by atoms with Crippen LogP contribution in [0.25, 0.3) is 5.76 Å². The molecule has 1 unspecified atom stereocenters. The van der Waals surface area contributed by atoms with Crippen molar-refractivity contribution in [3.8, 4) is 5.75 Å². The van der Waals surface area contributed by atoms with Gasteiger partial charge in [-0.1, -0.05) is 54.1 Å². The van der Waals surface area contributed by atoms with Gasteiger partial charge in [-0.15, -0.1) is 0 Å². The van der Waals surface area contributed by atoms with Gasteiger partial charge in [0.15, 0.2) is 0 Å². The second-order valence-corrected chi connectivity index (χ2v) is 8.46. The number of likely N-dealkylation sites (tertiary alicyclic amines) is 1. The third-order valence-electron chi connectivity index (χ3n) is 6.08. The molecule has 0 aliphatic carbocycles. The van der Waals surface area contributed by atoms with Gasteiger partial charge in [0.25, 0.3) is 11.7 Å². The highest BCUT2D eigenvalue weighted by Gasteiger charge is 2.46. The maximum atomic E-state index is 13.3. The Bertz CT molecular complexity index is 1330. The van der Waals surface area contributed by atoms with Crippen LogP contribution in [0, 0.1) is 6.92 Å². The molecule has 3 aromatic rings. The molecule has 1 N–H and O–H groups in total. The number of hydrogen-bond donors (Lipinski definition) is 1. The van der Waals surface area contributed by atoms with Gasteiger partial charge in [-0.3, -0.25) is 9.59 Å². The lowest BCUT2D eigenvalue weighted by Crippen LogP contribution is -2.29. The smallest absolute Gasteiger partial charge is 0.338 e. The lowest BCUT2D eigenvalue weighted by Gasteiger charge is -2.25. The predicted molar refractivity (Wildman–Crippen MR) is 134 cm³/mol. The van der Waals surface area contributed by atoms with Crippen molar-refractivity contribution in [1.29, 1.82) is 0 Å². The van der Waals surface area contributed by atoms with Crippen molar-refractivity contribution in [2.24, 2.45) is 0 Å². The number of rotatable bonds is 7. The molecule has 1 aliphatic rings. The van der Waals surface area contributed by atoms with Gasteiger partial charge in [0.05, 0.1) is 36.5 Å². The Morgan fingerprint density at radius 3 is 2.33 bits per heavy atom. The number of aliphatic hydroxyl groups excluding tert-OH is 1. The number of ketones is 1. The molecule has 1 saturated heterocycles. The molecule has 7 heteroatoms. The molecule has 0 aromatic heterocycles. The van der Waals surface area contributed by atoms with Gasteiger partial charge < -0.3 is 19.5 Å². The highest BCUT2D eigenvalue weighted by Crippen LogP contribution is 2.41. The van der Waals surface area contributed by atoms with Crippen LogP contribution < -0.4 is 4.74 Å². The van der Waals surface area contributed by atoms with Gasteiger partial charge in [-0.25, -0.2) is 4.79 Å². The standard InChI is InChI=1S/C29H27NO6/c1-4-36-29(34)21-13-11-19(12-14-21)17-30-25(20-8-6-5-7-9-20)24(27(32)28(30)33)26(31)22-16-18(2)10-15-23(22)35-3/h5-16,25,31H,4,17H2,1-3H3/b26-24+. The van der Waals surface area contributed by atoms with Crippen molar-refractivity contribution in [1.82, 2.24) is 4.90 Å². The van der Waals surface area contributed by atoms with E-state index in [2.05, 4.69) is 0 Å². The molecular weight excluding hydrogens is 458 g/mol. The second-order valence-electron chi connectivity index (χ2n) is 8.46. The average molecular weight is 486 g/mol. The Balaban J connectivity index is 1.79. The van der Waals surface area contributed by atoms with Crippen LogP contribution in [0.3, 0.4) is 0 Å². The molecule has 3 aromatic carbocycles. The van der Waals surface area contributed by atoms with Crippen LogP contribution in [-0.2, 0) is 20.9 Å². The van der Waals surface area contributed by atoms with E-state index in [0.717, 1.165) is 11.1 Å². The lowest BCUT2D eigenvalue weighted by molar-refractivity contribution is -0.140. The molecule has 1 aliphatic heterocycles. The van der Waals surface area contributed by atoms with Crippen LogP contribution in [0.2, 0.25) is 0 Å². The minimum absolute atomic E-state index is 0.00163. The zero-order valence-corrected chi connectivity index (χ0v) is 20.4. The first-order valence-electron chi connectivity index (χ1n) is 11.6. The summed E-state index contributed by atoms with van der Waals surface area (Å²) in [5.41, 5.74) is 3.01. The third kappa shape index (κ3) is 4.73. The maximum Gasteiger partial charge on any atom is 0.338 e. The summed E-state index contributed by atoms with van der Waals surface area (Å²) in [5, 5.41) is 11.4. The van der Waals surface area contributed by atoms with Crippen molar-refractivity contribution in [3.05, 3.63) is 106 Å². The number of ether oxygens (including phenoxy) is 2. The minimum atomic E-state index is -0.804. The quantitative estimate of drug-likeness (QED) is 0.224. The molecule has 1 atom stereocenters. The Morgan fingerprint density at radius 2 is 1.69 bits per heavy atom. The minimum Gasteiger partial charge on any atom is -0.507 e. The average Bonchev–Trinajstić information content (AvgIpc) is 3.14. The first-order valence-corrected chi connectivity index (χ1v) is 11.6. The predicted octanol–water partition coefficient (Wildman–Crippen LogP) is 4.80. The molecule has 36 heavy (non-hydrogen) atoms. The van der Waals surface area contributed by atoms with Gasteiger partial charge in [-0.05, 0) is 49.2 Å². The van der Waals surface area contributed by atoms with E-state index in [-0.39, 0.29) is 24.5 Å². The topological polar surface area (TPSA) is 93.1 Å². The number of aryl methyl sites for hydroxylation is 1. The SMILES string of the molecule is CCOC(=O)c1ccc(CN2C(=O)C(=O)/C(=C(/O)c3cc(C)ccc3OC)C2c2ccccc2)cc1. The summed E-state index contributed by atoms with van der Waals surface area (Å²) in [6.45, 7) is 3.98. The number of methoxy groups -OCH3 is 1. The van der Waals surface area contributed by atoms with E-state index >= 15 is 0 Å². The summed E-state index contributed by atoms with van der Waals surface area (Å²) in [7, 11) is 1.48. The van der Waals surface area contributed by atoms with Gasteiger partial charge in [0, 0.05) is 6.54 Å². The normalized spacial score (nSPS) is 16.8. The fraction of sp³-hybridized carbons (Fsp3) is 0.207. The van der Waals surface area contributed by atoms with Crippen molar-refractivity contribution in [3.63, 3.8) is 0 Å². The molecule has 0 spiro atoms. The van der Waals surface area contributed by atoms with E-state index in [1.54, 1.807) is 43.3 Å². The highest BCUT2D eigenvalue weighted by atomic mass is 16.5. The monoisotopic (exact) mass is 485 g/mol. The van der Waals surface area contributed by atoms with Gasteiger partial charge in [0.2, 0.25) is 0 Å². The summed E-state index contributed by atoms with van der Waals surface area (Å²) in [6.07, 6.45) is 0. The molecule has 7 nitrogen and oxygen atoms in total. The highest BCUT2D eigenvalue weighted by molar-refractivity contribution is 6.46. The number of carbonyl (C=O) groups excluding carboxylic acids is 3. The van der Waals surface area contributed by atoms with Crippen molar-refractivity contribution >= 4 is 23.4 Å². The first kappa shape index (κ1) is 24.7. The summed E-state index contributed by atoms with van der Waals surface area (Å²) < 4.78 is 10.4. The number of esters is 1. The summed E-state index contributed by atoms with van der Waals surface area (Å²) in [4.78, 5) is 40.0. The Kier molecular flexibility index (Phi) is 7.20. The third-order valence-corrected chi connectivity index (χ3v) is 6.08. The van der Waals surface area contributed by atoms with Crippen LogP contribution in [0.1, 0.15) is 45.6 Å². The number of benzene rings is 3. The summed E-state index contributed by atoms with van der Waals surface area (Å²) >= 11 is 0. The molecule has 0 saturated carbocycles. The van der Waals surface area contributed by atoms with E-state index in [0.29, 0.717) is 22.4 Å². The van der Waals surface area contributed by atoms with E-state index in [4.69, 9.17) is 9.47 Å². The molecule has 1 fully saturated rings. The zero-order valence-electron chi connectivity index (χ0n) is 20.4. The largest absolute Gasteiger partial charge is 0.507 e. The van der Waals surface area contributed by atoms with Crippen LogP contribution in [0.5, 0.6) is 5.75 Å². The number of aliphatic hydroxyl groups is 1. The Morgan fingerprint density at radius 1 is 1.00 bits per heavy atom. The van der Waals surface area contributed by atoms with E-state index < -0.39 is 23.7 Å². The van der Waals surface area contributed by atoms with E-state index in [1.165, 1.54) is 12.0 Å². The van der Waals surface area contributed by atoms with Gasteiger partial charge in [0.1, 0.15) is 11.5 Å². The van der Waals surface area contributed by atoms with Gasteiger partial charge in [-0.2, -0.15) is 0 Å². The Labute approximate surface area is 209 Å². The molecule has 1 heterocycles. The number of amides is 1. The number of carbonyl (C=O) groups is 3. The zero-order chi connectivity index (χ0) is 25.8. The lowest BCUT2D eigenvalue weighted by atomic mass is 9.94. The van der Waals surface area contributed by atoms with Crippen molar-refractivity contribution in [2.75, 3.05) is 13.7 Å². The summed E-state index contributed by atoms with van der Waals surface area (Å²) in [6, 6.07) is 20.3.